The Hall–Kier alpha value is -9.04. The number of aryl methyl sites for hydroxylation is 4. The summed E-state index contributed by atoms with van der Waals surface area (Å²) in [7, 11) is 0. The number of H-pyrrole nitrogens is 8. The van der Waals surface area contributed by atoms with Crippen molar-refractivity contribution in [3.05, 3.63) is 245 Å². The minimum Gasteiger partial charge on any atom is -0.508 e. The zero-order chi connectivity index (χ0) is 55.4. The van der Waals surface area contributed by atoms with Crippen molar-refractivity contribution in [3.63, 3.8) is 0 Å². The Labute approximate surface area is 452 Å². The van der Waals surface area contributed by atoms with E-state index in [-0.39, 0.29) is 65.2 Å². The van der Waals surface area contributed by atoms with Gasteiger partial charge >= 0.3 is 0 Å². The fraction of sp³-hybridized carbons (Fsp3) is 0.250. The molecule has 0 aliphatic heterocycles. The van der Waals surface area contributed by atoms with Crippen LogP contribution in [0.15, 0.2) is 109 Å². The van der Waals surface area contributed by atoms with Crippen LogP contribution in [0.1, 0.15) is 205 Å². The molecule has 78 heavy (non-hydrogen) atoms. The number of Topliss-reactive ketones (excluding diaryl/α,β-unsaturated/α-hetero) is 4. The number of phenols is 2. The average molecular weight is 1040 g/mol. The molecule has 0 aliphatic rings. The van der Waals surface area contributed by atoms with Crippen molar-refractivity contribution in [3.8, 4) is 11.5 Å². The number of aromatic hydroxyl groups is 2. The summed E-state index contributed by atoms with van der Waals surface area (Å²) in [6.07, 6.45) is 4.18. The first-order chi connectivity index (χ1) is 37.3. The number of ketones is 4. The minimum atomic E-state index is -0.469. The van der Waals surface area contributed by atoms with Crippen LogP contribution in [0, 0.1) is 48.5 Å². The molecule has 0 fully saturated rings. The molecule has 8 heterocycles. The van der Waals surface area contributed by atoms with Crippen LogP contribution in [0.4, 0.5) is 0 Å². The maximum absolute atomic E-state index is 14.8. The standard InChI is InChI=1S/C64H66N8O6/c1-31-53(38(8)73)35(5)67-61(31)57(41-15-19-43(76)20-16-41)48-23-24-49(70-48)58(42-17-21-44(77)22-18-42)62-34(4)56(40(10)75)47(72-62)27-28-52(78)55-33(3)64(69-37(55)7)60(46-14-12-30-66-46)51-26-25-50(71-51)59(45-13-11-29-65-45)63-32(2)54(39(9)74)36(6)68-63/h11-26,29-30,57-60,65-72,76-77H,27-28H2,1-10H3. The van der Waals surface area contributed by atoms with E-state index in [0.29, 0.717) is 27.9 Å². The third kappa shape index (κ3) is 9.41. The van der Waals surface area contributed by atoms with Crippen LogP contribution < -0.4 is 0 Å². The van der Waals surface area contributed by atoms with Gasteiger partial charge in [-0.3, -0.25) is 19.2 Å². The molecule has 0 bridgehead atoms. The van der Waals surface area contributed by atoms with E-state index in [1.807, 2.05) is 122 Å². The topological polar surface area (TPSA) is 235 Å². The molecule has 0 spiro atoms. The van der Waals surface area contributed by atoms with Crippen molar-refractivity contribution >= 4 is 23.1 Å². The van der Waals surface area contributed by atoms with Gasteiger partial charge in [-0.05, 0) is 182 Å². The number of nitrogens with one attached hydrogen (secondary N) is 8. The van der Waals surface area contributed by atoms with E-state index in [4.69, 9.17) is 0 Å². The van der Waals surface area contributed by atoms with Crippen LogP contribution in [0.25, 0.3) is 0 Å². The lowest BCUT2D eigenvalue weighted by atomic mass is 9.89. The van der Waals surface area contributed by atoms with Gasteiger partial charge in [0.25, 0.3) is 0 Å². The van der Waals surface area contributed by atoms with E-state index in [1.165, 1.54) is 0 Å². The Kier molecular flexibility index (Phi) is 14.0. The highest BCUT2D eigenvalue weighted by atomic mass is 16.3. The highest BCUT2D eigenvalue weighted by molar-refractivity contribution is 6.01. The number of rotatable bonds is 19. The van der Waals surface area contributed by atoms with E-state index < -0.39 is 5.92 Å². The summed E-state index contributed by atoms with van der Waals surface area (Å²) < 4.78 is 0. The molecule has 4 atom stereocenters. The quantitative estimate of drug-likeness (QED) is 0.0354. The molecule has 14 nitrogen and oxygen atoms in total. The molecule has 2 aromatic carbocycles. The number of benzene rings is 2. The number of carbonyl (C=O) groups excluding carboxylic acids is 4. The van der Waals surface area contributed by atoms with Crippen LogP contribution in [-0.4, -0.2) is 73.2 Å². The van der Waals surface area contributed by atoms with Gasteiger partial charge in [0, 0.05) is 121 Å². The second-order valence-electron chi connectivity index (χ2n) is 21.0. The fourth-order valence-electron chi connectivity index (χ4n) is 12.5. The molecule has 10 N–H and O–H groups in total. The summed E-state index contributed by atoms with van der Waals surface area (Å²) in [5, 5.41) is 20.7. The number of hydrogen-bond donors (Lipinski definition) is 10. The van der Waals surface area contributed by atoms with Gasteiger partial charge in [0.05, 0.1) is 23.7 Å². The van der Waals surface area contributed by atoms with Crippen molar-refractivity contribution in [2.75, 3.05) is 0 Å². The van der Waals surface area contributed by atoms with E-state index in [1.54, 1.807) is 45.0 Å². The maximum Gasteiger partial charge on any atom is 0.165 e. The van der Waals surface area contributed by atoms with Crippen molar-refractivity contribution in [1.29, 1.82) is 0 Å². The van der Waals surface area contributed by atoms with Crippen LogP contribution in [0.2, 0.25) is 0 Å². The second-order valence-corrected chi connectivity index (χ2v) is 21.0. The number of aromatic nitrogens is 8. The third-order valence-corrected chi connectivity index (χ3v) is 15.9. The molecule has 14 heteroatoms. The Morgan fingerprint density at radius 2 is 0.744 bits per heavy atom. The highest BCUT2D eigenvalue weighted by Crippen LogP contribution is 2.42. The van der Waals surface area contributed by atoms with Crippen LogP contribution in [0.5, 0.6) is 11.5 Å². The first kappa shape index (κ1) is 52.4. The SMILES string of the molecule is CC(=O)c1c(C)[nH]c(C(c2ccc(O)cc2)c2ccc(C(c3ccc(O)cc3)c3[nH]c(CCC(=O)c4c(C)[nH]c(C(c5ccc[nH]5)c5ccc(C(c6ccc[nH]6)c6[nH]c(C)c(C(C)=O)c6C)[nH]5)c4C)c(C(C)=O)c3C)[nH]2)c1C. The normalized spacial score (nSPS) is 13.2. The van der Waals surface area contributed by atoms with Gasteiger partial charge in [0.15, 0.2) is 23.1 Å². The minimum absolute atomic E-state index is 0.0106. The second kappa shape index (κ2) is 20.8. The van der Waals surface area contributed by atoms with Crippen LogP contribution in [-0.2, 0) is 6.42 Å². The molecule has 8 aromatic heterocycles. The first-order valence-corrected chi connectivity index (χ1v) is 26.4. The molecule has 0 saturated carbocycles. The largest absolute Gasteiger partial charge is 0.508 e. The van der Waals surface area contributed by atoms with Gasteiger partial charge in [-0.25, -0.2) is 0 Å². The lowest BCUT2D eigenvalue weighted by Crippen LogP contribution is -2.10. The summed E-state index contributed by atoms with van der Waals surface area (Å²) in [4.78, 5) is 82.9. The lowest BCUT2D eigenvalue weighted by molar-refractivity contribution is 0.0974. The molecule has 4 unspecified atom stereocenters. The van der Waals surface area contributed by atoms with Crippen molar-refractivity contribution in [2.24, 2.45) is 0 Å². The van der Waals surface area contributed by atoms with Crippen molar-refractivity contribution in [2.45, 2.75) is 106 Å². The molecule has 10 rings (SSSR count). The zero-order valence-corrected chi connectivity index (χ0v) is 45.6. The molecule has 0 radical (unpaired) electrons. The molecular formula is C64H66N8O6. The van der Waals surface area contributed by atoms with Crippen LogP contribution in [0.3, 0.4) is 0 Å². The summed E-state index contributed by atoms with van der Waals surface area (Å²) >= 11 is 0. The summed E-state index contributed by atoms with van der Waals surface area (Å²) in [6, 6.07) is 30.3. The number of aromatic amines is 8. The van der Waals surface area contributed by atoms with Gasteiger partial charge < -0.3 is 50.1 Å². The maximum atomic E-state index is 14.8. The highest BCUT2D eigenvalue weighted by Gasteiger charge is 2.33. The van der Waals surface area contributed by atoms with Gasteiger partial charge in [0.2, 0.25) is 0 Å². The number of hydrogen-bond acceptors (Lipinski definition) is 6. The summed E-state index contributed by atoms with van der Waals surface area (Å²) in [6.45, 7) is 18.3. The summed E-state index contributed by atoms with van der Waals surface area (Å²) in [5.41, 5.74) is 19.3. The Morgan fingerprint density at radius 3 is 1.12 bits per heavy atom. The fourth-order valence-corrected chi connectivity index (χ4v) is 12.5. The number of carbonyl (C=O) groups is 4. The number of phenolic OH excluding ortho intramolecular Hbond substituents is 2. The smallest absolute Gasteiger partial charge is 0.165 e. The van der Waals surface area contributed by atoms with Crippen molar-refractivity contribution < 1.29 is 29.4 Å². The predicted octanol–water partition coefficient (Wildman–Crippen LogP) is 13.0. The summed E-state index contributed by atoms with van der Waals surface area (Å²) in [5.74, 6) is -1.39. The first-order valence-electron chi connectivity index (χ1n) is 26.4. The monoisotopic (exact) mass is 1040 g/mol. The van der Waals surface area contributed by atoms with Crippen LogP contribution >= 0.6 is 0 Å². The van der Waals surface area contributed by atoms with E-state index >= 15 is 0 Å². The van der Waals surface area contributed by atoms with Gasteiger partial charge in [0.1, 0.15) is 11.5 Å². The lowest BCUT2D eigenvalue weighted by Gasteiger charge is -2.20. The van der Waals surface area contributed by atoms with E-state index in [9.17, 15) is 29.4 Å². The predicted molar refractivity (Wildman–Crippen MR) is 302 cm³/mol. The average Bonchev–Trinajstić information content (AvgIpc) is 4.34. The molecular weight excluding hydrogens is 977 g/mol. The molecule has 10 aromatic rings. The van der Waals surface area contributed by atoms with Gasteiger partial charge in [-0.2, -0.15) is 0 Å². The third-order valence-electron chi connectivity index (χ3n) is 15.9. The Bertz CT molecular complexity index is 3860. The molecule has 398 valence electrons. The van der Waals surface area contributed by atoms with Crippen molar-refractivity contribution in [1.82, 2.24) is 39.9 Å². The Balaban J connectivity index is 0.984. The molecule has 0 saturated heterocycles. The zero-order valence-electron chi connectivity index (χ0n) is 45.6. The van der Waals surface area contributed by atoms with E-state index in [2.05, 4.69) is 52.0 Å². The Morgan fingerprint density at radius 1 is 0.397 bits per heavy atom. The van der Waals surface area contributed by atoms with Gasteiger partial charge in [-0.1, -0.05) is 24.3 Å². The molecule has 0 aliphatic carbocycles. The molecule has 0 amide bonds. The van der Waals surface area contributed by atoms with E-state index in [0.717, 1.165) is 107 Å². The van der Waals surface area contributed by atoms with Gasteiger partial charge in [-0.15, -0.1) is 0 Å².